The number of aryl methyl sites for hydroxylation is 1. The van der Waals surface area contributed by atoms with Crippen LogP contribution in [0.1, 0.15) is 16.1 Å². The molecule has 0 fully saturated rings. The molecule has 0 saturated heterocycles. The highest BCUT2D eigenvalue weighted by molar-refractivity contribution is 5.91. The van der Waals surface area contributed by atoms with Crippen molar-refractivity contribution in [3.8, 4) is 17.0 Å². The third-order valence-corrected chi connectivity index (χ3v) is 3.94. The highest BCUT2D eigenvalue weighted by atomic mass is 16.5. The summed E-state index contributed by atoms with van der Waals surface area (Å²) in [5.74, 6) is -0.835. The number of carbonyl (C=O) groups is 2. The molecule has 0 aliphatic heterocycles. The Morgan fingerprint density at radius 2 is 1.88 bits per heavy atom. The van der Waals surface area contributed by atoms with Crippen LogP contribution in [0.15, 0.2) is 36.5 Å². The standard InChI is InChI=1S/C18H17N3O5/c1-10-16(11-4-6-12(7-5-11)20-18(24)26-3)21-9-13(17(22)23)14(25-2)8-15(21)19-10/h4-9H,1-3H3,(H,20,24)(H,22,23). The molecule has 8 nitrogen and oxygen atoms in total. The summed E-state index contributed by atoms with van der Waals surface area (Å²) in [7, 11) is 2.71. The van der Waals surface area contributed by atoms with Gasteiger partial charge in [0.2, 0.25) is 0 Å². The van der Waals surface area contributed by atoms with Gasteiger partial charge in [0.1, 0.15) is 17.0 Å². The molecule has 0 aliphatic rings. The first-order valence-electron chi connectivity index (χ1n) is 7.70. The molecular weight excluding hydrogens is 338 g/mol. The van der Waals surface area contributed by atoms with Crippen molar-refractivity contribution in [2.24, 2.45) is 0 Å². The zero-order chi connectivity index (χ0) is 18.8. The van der Waals surface area contributed by atoms with Crippen LogP contribution in [0.5, 0.6) is 5.75 Å². The number of hydrogen-bond acceptors (Lipinski definition) is 5. The van der Waals surface area contributed by atoms with Crippen molar-refractivity contribution in [3.05, 3.63) is 47.8 Å². The summed E-state index contributed by atoms with van der Waals surface area (Å²) >= 11 is 0. The minimum atomic E-state index is -1.08. The molecule has 0 saturated carbocycles. The minimum Gasteiger partial charge on any atom is -0.496 e. The van der Waals surface area contributed by atoms with Gasteiger partial charge in [-0.3, -0.25) is 9.72 Å². The number of pyridine rings is 1. The molecule has 0 atom stereocenters. The number of hydrogen-bond donors (Lipinski definition) is 2. The molecular formula is C18H17N3O5. The predicted molar refractivity (Wildman–Crippen MR) is 94.9 cm³/mol. The van der Waals surface area contributed by atoms with E-state index < -0.39 is 12.1 Å². The second-order valence-electron chi connectivity index (χ2n) is 5.53. The molecule has 0 bridgehead atoms. The molecule has 134 valence electrons. The number of ether oxygens (including phenoxy) is 2. The topological polar surface area (TPSA) is 102 Å². The average Bonchev–Trinajstić information content (AvgIpc) is 2.95. The van der Waals surface area contributed by atoms with Crippen LogP contribution in [-0.4, -0.2) is 40.8 Å². The number of nitrogens with one attached hydrogen (secondary N) is 1. The number of carbonyl (C=O) groups excluding carboxylic acids is 1. The van der Waals surface area contributed by atoms with Crippen LogP contribution in [0.4, 0.5) is 10.5 Å². The van der Waals surface area contributed by atoms with E-state index in [0.717, 1.165) is 17.0 Å². The Balaban J connectivity index is 2.09. The monoisotopic (exact) mass is 355 g/mol. The Bertz CT molecular complexity index is 992. The normalized spacial score (nSPS) is 10.6. The third-order valence-electron chi connectivity index (χ3n) is 3.94. The summed E-state index contributed by atoms with van der Waals surface area (Å²) in [5.41, 5.74) is 3.53. The second kappa shape index (κ2) is 6.75. The fourth-order valence-electron chi connectivity index (χ4n) is 2.75. The average molecular weight is 355 g/mol. The Morgan fingerprint density at radius 3 is 2.46 bits per heavy atom. The number of methoxy groups -OCH3 is 2. The number of carboxylic acid groups (broad SMARTS) is 1. The molecule has 2 aromatic heterocycles. The summed E-state index contributed by atoms with van der Waals surface area (Å²) in [6, 6.07) is 8.67. The number of fused-ring (bicyclic) bond motifs is 1. The molecule has 2 heterocycles. The van der Waals surface area contributed by atoms with Crippen LogP contribution in [0.2, 0.25) is 0 Å². The van der Waals surface area contributed by atoms with E-state index in [0.29, 0.717) is 11.3 Å². The van der Waals surface area contributed by atoms with Crippen molar-refractivity contribution < 1.29 is 24.2 Å². The predicted octanol–water partition coefficient (Wildman–Crippen LogP) is 3.19. The van der Waals surface area contributed by atoms with Gasteiger partial charge in [-0.05, 0) is 19.1 Å². The number of aromatic nitrogens is 2. The van der Waals surface area contributed by atoms with Crippen LogP contribution in [0.3, 0.4) is 0 Å². The van der Waals surface area contributed by atoms with Gasteiger partial charge >= 0.3 is 12.1 Å². The van der Waals surface area contributed by atoms with Gasteiger partial charge in [0.05, 0.1) is 25.6 Å². The van der Waals surface area contributed by atoms with E-state index in [9.17, 15) is 14.7 Å². The number of rotatable bonds is 4. The molecule has 26 heavy (non-hydrogen) atoms. The first-order valence-corrected chi connectivity index (χ1v) is 7.70. The SMILES string of the molecule is COC(=O)Nc1ccc(-c2c(C)nc3cc(OC)c(C(=O)O)cn23)cc1. The van der Waals surface area contributed by atoms with Crippen molar-refractivity contribution in [2.45, 2.75) is 6.92 Å². The second-order valence-corrected chi connectivity index (χ2v) is 5.53. The fourth-order valence-corrected chi connectivity index (χ4v) is 2.75. The number of aromatic carboxylic acids is 1. The maximum absolute atomic E-state index is 11.5. The fraction of sp³-hybridized carbons (Fsp3) is 0.167. The molecule has 0 aliphatic carbocycles. The van der Waals surface area contributed by atoms with E-state index >= 15 is 0 Å². The molecule has 0 unspecified atom stereocenters. The van der Waals surface area contributed by atoms with Gasteiger partial charge in [0.15, 0.2) is 0 Å². The largest absolute Gasteiger partial charge is 0.496 e. The maximum atomic E-state index is 11.5. The molecule has 1 aromatic carbocycles. The zero-order valence-corrected chi connectivity index (χ0v) is 14.4. The van der Waals surface area contributed by atoms with E-state index in [2.05, 4.69) is 15.0 Å². The van der Waals surface area contributed by atoms with Crippen molar-refractivity contribution in [1.29, 1.82) is 0 Å². The van der Waals surface area contributed by atoms with Crippen LogP contribution in [0, 0.1) is 6.92 Å². The molecule has 0 radical (unpaired) electrons. The van der Waals surface area contributed by atoms with E-state index in [1.165, 1.54) is 20.4 Å². The summed E-state index contributed by atoms with van der Waals surface area (Å²) < 4.78 is 11.4. The summed E-state index contributed by atoms with van der Waals surface area (Å²) in [6.45, 7) is 1.84. The third kappa shape index (κ3) is 3.04. The number of benzene rings is 1. The lowest BCUT2D eigenvalue weighted by Crippen LogP contribution is -2.10. The van der Waals surface area contributed by atoms with Crippen molar-refractivity contribution in [3.63, 3.8) is 0 Å². The van der Waals surface area contributed by atoms with Crippen molar-refractivity contribution in [2.75, 3.05) is 19.5 Å². The lowest BCUT2D eigenvalue weighted by atomic mass is 10.1. The molecule has 8 heteroatoms. The highest BCUT2D eigenvalue weighted by Gasteiger charge is 2.18. The minimum absolute atomic E-state index is 0.0441. The van der Waals surface area contributed by atoms with Crippen LogP contribution >= 0.6 is 0 Å². The van der Waals surface area contributed by atoms with Crippen LogP contribution in [0.25, 0.3) is 16.9 Å². The maximum Gasteiger partial charge on any atom is 0.411 e. The Labute approximate surface area is 149 Å². The van der Waals surface area contributed by atoms with Crippen LogP contribution in [-0.2, 0) is 4.74 Å². The van der Waals surface area contributed by atoms with E-state index in [-0.39, 0.29) is 11.3 Å². The molecule has 1 amide bonds. The highest BCUT2D eigenvalue weighted by Crippen LogP contribution is 2.29. The van der Waals surface area contributed by atoms with Gasteiger partial charge in [-0.1, -0.05) is 12.1 Å². The Kier molecular flexibility index (Phi) is 4.49. The zero-order valence-electron chi connectivity index (χ0n) is 14.4. The number of nitrogens with zero attached hydrogens (tertiary/aromatic N) is 2. The summed E-state index contributed by atoms with van der Waals surface area (Å²) in [4.78, 5) is 27.2. The number of imidazole rings is 1. The number of anilines is 1. The quantitative estimate of drug-likeness (QED) is 0.745. The van der Waals surface area contributed by atoms with Crippen molar-refractivity contribution in [1.82, 2.24) is 9.38 Å². The molecule has 3 rings (SSSR count). The van der Waals surface area contributed by atoms with Crippen LogP contribution < -0.4 is 10.1 Å². The molecule has 0 spiro atoms. The lowest BCUT2D eigenvalue weighted by Gasteiger charge is -2.09. The van der Waals surface area contributed by atoms with Gasteiger partial charge < -0.3 is 14.6 Å². The van der Waals surface area contributed by atoms with E-state index in [4.69, 9.17) is 4.74 Å². The van der Waals surface area contributed by atoms with Gasteiger partial charge in [-0.25, -0.2) is 14.6 Å². The Hall–Kier alpha value is -3.55. The molecule has 3 aromatic rings. The van der Waals surface area contributed by atoms with Gasteiger partial charge in [0, 0.05) is 23.5 Å². The molecule has 2 N–H and O–H groups in total. The van der Waals surface area contributed by atoms with E-state index in [1.807, 2.05) is 19.1 Å². The Morgan fingerprint density at radius 1 is 1.19 bits per heavy atom. The van der Waals surface area contributed by atoms with Gasteiger partial charge in [0.25, 0.3) is 0 Å². The first-order chi connectivity index (χ1) is 12.4. The lowest BCUT2D eigenvalue weighted by molar-refractivity contribution is 0.0692. The van der Waals surface area contributed by atoms with Gasteiger partial charge in [-0.15, -0.1) is 0 Å². The summed E-state index contributed by atoms with van der Waals surface area (Å²) in [5, 5.41) is 12.0. The smallest absolute Gasteiger partial charge is 0.411 e. The number of amides is 1. The van der Waals surface area contributed by atoms with E-state index in [1.54, 1.807) is 22.6 Å². The van der Waals surface area contributed by atoms with Crippen molar-refractivity contribution >= 4 is 23.4 Å². The first kappa shape index (κ1) is 17.3. The number of carboxylic acids is 1. The van der Waals surface area contributed by atoms with Gasteiger partial charge in [-0.2, -0.15) is 0 Å². The summed E-state index contributed by atoms with van der Waals surface area (Å²) in [6.07, 6.45) is 0.939.